The number of nitrogens with zero attached hydrogens (tertiary/aromatic N) is 1. The monoisotopic (exact) mass is 320 g/mol. The van der Waals surface area contributed by atoms with E-state index in [4.69, 9.17) is 0 Å². The van der Waals surface area contributed by atoms with Crippen LogP contribution >= 0.6 is 0 Å². The van der Waals surface area contributed by atoms with E-state index in [9.17, 15) is 14.3 Å². The molecule has 1 saturated heterocycles. The zero-order valence-corrected chi connectivity index (χ0v) is 13.4. The van der Waals surface area contributed by atoms with E-state index in [1.807, 2.05) is 0 Å². The second kappa shape index (κ2) is 7.41. The second-order valence-electron chi connectivity index (χ2n) is 6.65. The molecule has 0 radical (unpaired) electrons. The molecule has 23 heavy (non-hydrogen) atoms. The maximum absolute atomic E-state index is 13.8. The largest absolute Gasteiger partial charge is 0.389 e. The van der Waals surface area contributed by atoms with Gasteiger partial charge in [0.1, 0.15) is 5.82 Å². The number of rotatable bonds is 3. The summed E-state index contributed by atoms with van der Waals surface area (Å²) >= 11 is 0. The number of carbonyl (C=O) groups is 1. The fraction of sp³-hybridized carbons (Fsp3) is 0.611. The summed E-state index contributed by atoms with van der Waals surface area (Å²) in [6.07, 6.45) is 5.50. The maximum atomic E-state index is 13.8. The molecule has 1 aliphatic carbocycles. The van der Waals surface area contributed by atoms with Crippen LogP contribution in [0.4, 0.5) is 4.39 Å². The molecule has 5 heteroatoms. The first kappa shape index (κ1) is 16.4. The Kier molecular flexibility index (Phi) is 5.28. The van der Waals surface area contributed by atoms with Crippen molar-refractivity contribution in [2.75, 3.05) is 13.1 Å². The Bertz CT molecular complexity index is 546. The van der Waals surface area contributed by atoms with Crippen molar-refractivity contribution >= 4 is 5.91 Å². The van der Waals surface area contributed by atoms with Crippen molar-refractivity contribution < 1.29 is 14.3 Å². The lowest BCUT2D eigenvalue weighted by Gasteiger charge is -2.34. The first-order valence-corrected chi connectivity index (χ1v) is 8.64. The van der Waals surface area contributed by atoms with Gasteiger partial charge in [0, 0.05) is 6.04 Å². The lowest BCUT2D eigenvalue weighted by molar-refractivity contribution is 0.0337. The van der Waals surface area contributed by atoms with Crippen molar-refractivity contribution in [3.05, 3.63) is 35.6 Å². The Labute approximate surface area is 136 Å². The molecule has 126 valence electrons. The third kappa shape index (κ3) is 3.72. The van der Waals surface area contributed by atoms with Crippen LogP contribution in [0.1, 0.15) is 48.9 Å². The smallest absolute Gasteiger partial charge is 0.254 e. The molecule has 0 bridgehead atoms. The molecule has 1 saturated carbocycles. The normalized spacial score (nSPS) is 29.2. The number of benzene rings is 1. The van der Waals surface area contributed by atoms with E-state index in [0.29, 0.717) is 0 Å². The van der Waals surface area contributed by atoms with Gasteiger partial charge in [0.05, 0.1) is 17.7 Å². The average molecular weight is 320 g/mol. The van der Waals surface area contributed by atoms with E-state index in [2.05, 4.69) is 10.2 Å². The number of likely N-dealkylation sites (tertiary alicyclic amines) is 1. The van der Waals surface area contributed by atoms with Gasteiger partial charge in [0.15, 0.2) is 0 Å². The molecule has 0 aromatic heterocycles. The number of halogens is 1. The molecule has 2 aliphatic rings. The predicted molar refractivity (Wildman–Crippen MR) is 86.7 cm³/mol. The van der Waals surface area contributed by atoms with Crippen molar-refractivity contribution in [3.8, 4) is 0 Å². The van der Waals surface area contributed by atoms with Crippen molar-refractivity contribution in [1.82, 2.24) is 10.2 Å². The fourth-order valence-electron chi connectivity index (χ4n) is 3.85. The molecule has 3 atom stereocenters. The molecule has 1 heterocycles. The van der Waals surface area contributed by atoms with Gasteiger partial charge in [-0.2, -0.15) is 0 Å². The third-order valence-corrected chi connectivity index (χ3v) is 5.12. The molecule has 4 nitrogen and oxygen atoms in total. The third-order valence-electron chi connectivity index (χ3n) is 5.12. The second-order valence-corrected chi connectivity index (χ2v) is 6.65. The van der Waals surface area contributed by atoms with E-state index in [0.717, 1.165) is 38.8 Å². The zero-order chi connectivity index (χ0) is 16.2. The van der Waals surface area contributed by atoms with Crippen LogP contribution in [0, 0.1) is 5.82 Å². The van der Waals surface area contributed by atoms with Crippen LogP contribution in [-0.2, 0) is 0 Å². The van der Waals surface area contributed by atoms with E-state index >= 15 is 0 Å². The Morgan fingerprint density at radius 3 is 2.57 bits per heavy atom. The van der Waals surface area contributed by atoms with Crippen LogP contribution in [0.2, 0.25) is 0 Å². The molecule has 3 rings (SSSR count). The topological polar surface area (TPSA) is 52.6 Å². The fourth-order valence-corrected chi connectivity index (χ4v) is 3.85. The quantitative estimate of drug-likeness (QED) is 0.841. The minimum Gasteiger partial charge on any atom is -0.389 e. The Balaban J connectivity index is 1.70. The first-order valence-electron chi connectivity index (χ1n) is 8.64. The summed E-state index contributed by atoms with van der Waals surface area (Å²) in [7, 11) is 0. The van der Waals surface area contributed by atoms with E-state index in [1.165, 1.54) is 25.0 Å². The van der Waals surface area contributed by atoms with E-state index < -0.39 is 17.8 Å². The summed E-state index contributed by atoms with van der Waals surface area (Å²) in [5.41, 5.74) is 0.0432. The summed E-state index contributed by atoms with van der Waals surface area (Å²) < 4.78 is 13.8. The van der Waals surface area contributed by atoms with Gasteiger partial charge >= 0.3 is 0 Å². The van der Waals surface area contributed by atoms with Crippen molar-refractivity contribution in [2.24, 2.45) is 0 Å². The van der Waals surface area contributed by atoms with Crippen LogP contribution in [0.5, 0.6) is 0 Å². The van der Waals surface area contributed by atoms with Crippen LogP contribution in [0.3, 0.4) is 0 Å². The number of hydrogen-bond donors (Lipinski definition) is 2. The molecule has 0 spiro atoms. The van der Waals surface area contributed by atoms with Crippen LogP contribution in [-0.4, -0.2) is 47.2 Å². The SMILES string of the molecule is O=C(N[C@@H]1CCCC[C@@H](N2CCCC2)[C@@H]1O)c1ccccc1F. The molecule has 1 amide bonds. The summed E-state index contributed by atoms with van der Waals surface area (Å²) in [5, 5.41) is 13.6. The molecule has 0 unspecified atom stereocenters. The molecule has 1 aromatic rings. The van der Waals surface area contributed by atoms with Gasteiger partial charge in [0.2, 0.25) is 0 Å². The van der Waals surface area contributed by atoms with Crippen LogP contribution in [0.25, 0.3) is 0 Å². The highest BCUT2D eigenvalue weighted by Gasteiger charge is 2.35. The maximum Gasteiger partial charge on any atom is 0.254 e. The number of aliphatic hydroxyl groups is 1. The standard InChI is InChI=1S/C18H25FN2O2/c19-14-8-2-1-7-13(14)18(23)20-15-9-3-4-10-16(17(15)22)21-11-5-6-12-21/h1-2,7-8,15-17,22H,3-6,9-12H2,(H,20,23)/t15-,16-,17-/m1/s1. The summed E-state index contributed by atoms with van der Waals surface area (Å²) in [4.78, 5) is 14.7. The van der Waals surface area contributed by atoms with Crippen molar-refractivity contribution in [2.45, 2.75) is 56.7 Å². The summed E-state index contributed by atoms with van der Waals surface area (Å²) in [6, 6.07) is 5.77. The summed E-state index contributed by atoms with van der Waals surface area (Å²) in [6.45, 7) is 2.05. The minimum atomic E-state index is -0.591. The van der Waals surface area contributed by atoms with Gasteiger partial charge in [-0.25, -0.2) is 4.39 Å². The van der Waals surface area contributed by atoms with Gasteiger partial charge in [-0.1, -0.05) is 25.0 Å². The highest BCUT2D eigenvalue weighted by Crippen LogP contribution is 2.26. The zero-order valence-electron chi connectivity index (χ0n) is 13.4. The Hall–Kier alpha value is -1.46. The number of hydrogen-bond acceptors (Lipinski definition) is 3. The van der Waals surface area contributed by atoms with E-state index in [1.54, 1.807) is 12.1 Å². The Morgan fingerprint density at radius 1 is 1.13 bits per heavy atom. The van der Waals surface area contributed by atoms with Crippen molar-refractivity contribution in [1.29, 1.82) is 0 Å². The van der Waals surface area contributed by atoms with Gasteiger partial charge < -0.3 is 10.4 Å². The lowest BCUT2D eigenvalue weighted by atomic mass is 10.00. The van der Waals surface area contributed by atoms with Crippen LogP contribution in [0.15, 0.2) is 24.3 Å². The number of aliphatic hydroxyl groups excluding tert-OH is 1. The van der Waals surface area contributed by atoms with Crippen molar-refractivity contribution in [3.63, 3.8) is 0 Å². The number of amides is 1. The Morgan fingerprint density at radius 2 is 1.83 bits per heavy atom. The first-order chi connectivity index (χ1) is 11.2. The molecule has 1 aromatic carbocycles. The number of carbonyl (C=O) groups excluding carboxylic acids is 1. The van der Waals surface area contributed by atoms with Gasteiger partial charge in [-0.05, 0) is 50.9 Å². The molecular weight excluding hydrogens is 295 g/mol. The van der Waals surface area contributed by atoms with Gasteiger partial charge in [0.25, 0.3) is 5.91 Å². The van der Waals surface area contributed by atoms with Gasteiger partial charge in [-0.3, -0.25) is 9.69 Å². The molecule has 1 aliphatic heterocycles. The summed E-state index contributed by atoms with van der Waals surface area (Å²) in [5.74, 6) is -0.960. The van der Waals surface area contributed by atoms with Gasteiger partial charge in [-0.15, -0.1) is 0 Å². The predicted octanol–water partition coefficient (Wildman–Crippen LogP) is 2.32. The highest BCUT2D eigenvalue weighted by atomic mass is 19.1. The lowest BCUT2D eigenvalue weighted by Crippen LogP contribution is -2.52. The average Bonchev–Trinajstić information content (AvgIpc) is 3.01. The number of nitrogens with one attached hydrogen (secondary N) is 1. The van der Waals surface area contributed by atoms with Crippen LogP contribution < -0.4 is 5.32 Å². The molecule has 2 N–H and O–H groups in total. The minimum absolute atomic E-state index is 0.0432. The molecular formula is C18H25FN2O2. The highest BCUT2D eigenvalue weighted by molar-refractivity contribution is 5.94. The van der Waals surface area contributed by atoms with E-state index in [-0.39, 0.29) is 17.6 Å². The molecule has 2 fully saturated rings.